The minimum atomic E-state index is -2.24. The van der Waals surface area contributed by atoms with Gasteiger partial charge in [-0.25, -0.2) is 0 Å². The van der Waals surface area contributed by atoms with Crippen LogP contribution in [0.15, 0.2) is 150 Å². The minimum absolute atomic E-state index is 0.176. The number of aliphatic carboxylic acids is 1. The van der Waals surface area contributed by atoms with Gasteiger partial charge in [0.05, 0.1) is 5.57 Å². The summed E-state index contributed by atoms with van der Waals surface area (Å²) in [6.07, 6.45) is 1.74. The van der Waals surface area contributed by atoms with Gasteiger partial charge in [0.15, 0.2) is 5.70 Å². The maximum absolute atomic E-state index is 11.0. The summed E-state index contributed by atoms with van der Waals surface area (Å²) in [5.41, 5.74) is 15.1. The number of fused-ring (bicyclic) bond motifs is 2. The first-order chi connectivity index (χ1) is 34.6. The molecule has 342 valence electrons. The smallest absolute Gasteiger partial charge is 0.481 e. The second kappa shape index (κ2) is 17.0. The van der Waals surface area contributed by atoms with Crippen molar-refractivity contribution < 1.29 is 14.4 Å². The van der Waals surface area contributed by atoms with E-state index in [0.29, 0.717) is 12.8 Å². The summed E-state index contributed by atoms with van der Waals surface area (Å²) >= 11 is 0. The van der Waals surface area contributed by atoms with E-state index in [1.165, 1.54) is 105 Å². The highest BCUT2D eigenvalue weighted by atomic mass is 16.4. The molecule has 1 N–H and O–H groups in total. The number of rotatable bonds is 7. The number of nitrogens with zero attached hydrogens (tertiary/aromatic N) is 2. The molecule has 0 saturated carbocycles. The number of hydrogen-bond donors (Lipinski definition) is 1. The zero-order valence-corrected chi connectivity index (χ0v) is 41.3. The van der Waals surface area contributed by atoms with Gasteiger partial charge < -0.3 is 14.1 Å². The van der Waals surface area contributed by atoms with Crippen LogP contribution < -0.4 is 0 Å². The van der Waals surface area contributed by atoms with Crippen molar-refractivity contribution in [1.29, 1.82) is 0 Å². The average Bonchev–Trinajstić information content (AvgIpc) is 3.81. The molecule has 12 rings (SSSR count). The Hall–Kier alpha value is -8.30. The van der Waals surface area contributed by atoms with Crippen molar-refractivity contribution >= 4 is 88.3 Å². The third-order valence-electron chi connectivity index (χ3n) is 15.8. The maximum atomic E-state index is 11.0. The number of carbonyl (C=O) groups is 1. The third-order valence-corrected chi connectivity index (χ3v) is 15.8. The van der Waals surface area contributed by atoms with Crippen LogP contribution in [0.5, 0.6) is 0 Å². The fourth-order valence-electron chi connectivity index (χ4n) is 12.6. The molecule has 0 fully saturated rings. The van der Waals surface area contributed by atoms with Crippen LogP contribution in [0.2, 0.25) is 0 Å². The molecule has 0 bridgehead atoms. The normalized spacial score (nSPS) is 14.1. The van der Waals surface area contributed by atoms with Gasteiger partial charge in [-0.1, -0.05) is 135 Å². The van der Waals surface area contributed by atoms with Crippen LogP contribution in [-0.4, -0.2) is 32.2 Å². The highest BCUT2D eigenvalue weighted by Crippen LogP contribution is 2.47. The van der Waals surface area contributed by atoms with Crippen LogP contribution in [0, 0.1) is 49.2 Å². The van der Waals surface area contributed by atoms with Crippen molar-refractivity contribution in [3.8, 4) is 35.3 Å². The molecule has 5 heteroatoms. The van der Waals surface area contributed by atoms with Crippen molar-refractivity contribution in [2.75, 3.05) is 0 Å². The highest BCUT2D eigenvalue weighted by molar-refractivity contribution is 6.87. The van der Waals surface area contributed by atoms with E-state index in [1.54, 1.807) is 0 Å². The number of carboxylic acids is 1. The van der Waals surface area contributed by atoms with E-state index in [-0.39, 0.29) is 6.42 Å². The Morgan fingerprint density at radius 3 is 1.65 bits per heavy atom. The van der Waals surface area contributed by atoms with Crippen LogP contribution in [0.1, 0.15) is 105 Å². The standard InChI is InChI=1S/C66H53BN2O2/c1-7-55-41(3)65-64(54-23-21-45(22-24-54)15-11-9-10-12-20-59(70)71)66-42(4)56(8-2)44(6)69(66)67(68(65)43(55)5,39-37-46-25-27-52-31-29-48-16-13-18-50-33-35-57(46)62(52)60(48)50)40-38-47-26-28-53-32-30-49-17-14-19-51-34-36-58(47)63(53)61(49)51/h13-14,16-19,21-36H,7-10,12,20H2,1-6H3,(H,70,71). The zero-order chi connectivity index (χ0) is 48.7. The lowest BCUT2D eigenvalue weighted by atomic mass is 9.44. The molecule has 1 aromatic heterocycles. The van der Waals surface area contributed by atoms with E-state index in [4.69, 9.17) is 5.11 Å². The molecule has 9 aromatic carbocycles. The zero-order valence-electron chi connectivity index (χ0n) is 41.3. The molecule has 3 heterocycles. The summed E-state index contributed by atoms with van der Waals surface area (Å²) in [5.74, 6) is 22.0. The first-order valence-electron chi connectivity index (χ1n) is 25.3. The highest BCUT2D eigenvalue weighted by Gasteiger charge is 2.52. The van der Waals surface area contributed by atoms with Crippen molar-refractivity contribution in [2.24, 2.45) is 0 Å². The fraction of sp³-hybridized carbons (Fsp3) is 0.182. The molecule has 0 saturated heterocycles. The fourth-order valence-corrected chi connectivity index (χ4v) is 12.6. The molecule has 2 aliphatic heterocycles. The van der Waals surface area contributed by atoms with E-state index in [1.807, 2.05) is 0 Å². The number of aromatic nitrogens is 1. The molecule has 0 atom stereocenters. The topological polar surface area (TPSA) is 45.2 Å². The second-order valence-electron chi connectivity index (χ2n) is 19.6. The van der Waals surface area contributed by atoms with E-state index in [0.717, 1.165) is 52.3 Å². The van der Waals surface area contributed by atoms with E-state index in [2.05, 4.69) is 219 Å². The van der Waals surface area contributed by atoms with Gasteiger partial charge >= 0.3 is 12.4 Å². The number of allylic oxidation sites excluding steroid dienone is 2. The molecule has 10 aromatic rings. The Kier molecular flexibility index (Phi) is 10.5. The summed E-state index contributed by atoms with van der Waals surface area (Å²) in [5, 5.41) is 23.8. The van der Waals surface area contributed by atoms with Crippen LogP contribution in [0.4, 0.5) is 0 Å². The van der Waals surface area contributed by atoms with Gasteiger partial charge in [0.25, 0.3) is 0 Å². The summed E-state index contributed by atoms with van der Waals surface area (Å²) in [7, 11) is 0. The maximum Gasteiger partial charge on any atom is 0.520 e. The number of hydrogen-bond acceptors (Lipinski definition) is 1. The Morgan fingerprint density at radius 2 is 1.13 bits per heavy atom. The van der Waals surface area contributed by atoms with Gasteiger partial charge in [0, 0.05) is 53.3 Å². The van der Waals surface area contributed by atoms with Gasteiger partial charge in [-0.15, -0.1) is 11.8 Å². The Labute approximate surface area is 415 Å². The second-order valence-corrected chi connectivity index (χ2v) is 19.6. The first-order valence-corrected chi connectivity index (χ1v) is 25.3. The molecule has 0 unspecified atom stereocenters. The number of benzene rings is 9. The van der Waals surface area contributed by atoms with Crippen LogP contribution in [0.3, 0.4) is 0 Å². The van der Waals surface area contributed by atoms with Gasteiger partial charge in [-0.05, 0) is 158 Å². The molecule has 0 radical (unpaired) electrons. The summed E-state index contributed by atoms with van der Waals surface area (Å²) in [6, 6.07) is 48.8. The summed E-state index contributed by atoms with van der Waals surface area (Å²) in [4.78, 5) is 11.0. The van der Waals surface area contributed by atoms with E-state index in [9.17, 15) is 4.79 Å². The molecule has 0 spiro atoms. The summed E-state index contributed by atoms with van der Waals surface area (Å²) in [6.45, 7) is 13.7. The van der Waals surface area contributed by atoms with Gasteiger partial charge in [-0.2, -0.15) is 11.6 Å². The van der Waals surface area contributed by atoms with E-state index < -0.39 is 12.4 Å². The van der Waals surface area contributed by atoms with Crippen molar-refractivity contribution in [2.45, 2.75) is 80.1 Å². The largest absolute Gasteiger partial charge is 0.520 e. The first kappa shape index (κ1) is 43.9. The van der Waals surface area contributed by atoms with Crippen LogP contribution >= 0.6 is 0 Å². The molecule has 71 heavy (non-hydrogen) atoms. The monoisotopic (exact) mass is 916 g/mol. The van der Waals surface area contributed by atoms with Crippen molar-refractivity contribution in [3.05, 3.63) is 195 Å². The van der Waals surface area contributed by atoms with Gasteiger partial charge in [-0.3, -0.25) is 4.79 Å². The lowest BCUT2D eigenvalue weighted by Gasteiger charge is -2.39. The lowest BCUT2D eigenvalue weighted by molar-refractivity contribution is -0.330. The third kappa shape index (κ3) is 6.74. The van der Waals surface area contributed by atoms with E-state index >= 15 is 0 Å². The number of unbranched alkanes of at least 4 members (excludes halogenated alkanes) is 2. The Balaban J connectivity index is 1.14. The SMILES string of the molecule is CCC1=C(C)C2=C(c3ccc(C#CCCCCC(=O)O)cc3)c3c(C)c(CC)c(C)n3[B-](C#Cc3ccc4ccc5cccc6ccc3c4c56)(C#Cc3ccc4ccc5cccc6ccc3c4c56)[N+]2=C1C. The average molecular weight is 917 g/mol. The molecular formula is C66H53BN2O2. The molecule has 0 aliphatic carbocycles. The quantitative estimate of drug-likeness (QED) is 0.0749. The molecule has 4 nitrogen and oxygen atoms in total. The molecule has 2 aliphatic rings. The van der Waals surface area contributed by atoms with Crippen molar-refractivity contribution in [1.82, 2.24) is 4.48 Å². The van der Waals surface area contributed by atoms with Gasteiger partial charge in [0.2, 0.25) is 0 Å². The Morgan fingerprint density at radius 1 is 0.606 bits per heavy atom. The predicted molar refractivity (Wildman–Crippen MR) is 298 cm³/mol. The number of carboxylic acid groups (broad SMARTS) is 1. The molecular weight excluding hydrogens is 864 g/mol. The minimum Gasteiger partial charge on any atom is -0.481 e. The Bertz CT molecular complexity index is 4020. The lowest BCUT2D eigenvalue weighted by Crippen LogP contribution is -2.57. The van der Waals surface area contributed by atoms with Crippen LogP contribution in [0.25, 0.3) is 70.2 Å². The van der Waals surface area contributed by atoms with Crippen molar-refractivity contribution in [3.63, 3.8) is 0 Å². The molecule has 0 amide bonds. The summed E-state index contributed by atoms with van der Waals surface area (Å²) < 4.78 is 5.11. The van der Waals surface area contributed by atoms with Crippen LogP contribution in [-0.2, 0) is 11.2 Å². The van der Waals surface area contributed by atoms with Gasteiger partial charge in [0.1, 0.15) is 5.71 Å². The predicted octanol–water partition coefficient (Wildman–Crippen LogP) is 14.9.